The van der Waals surface area contributed by atoms with Crippen LogP contribution in [-0.4, -0.2) is 47.4 Å². The van der Waals surface area contributed by atoms with Gasteiger partial charge in [-0.2, -0.15) is 0 Å². The fourth-order valence-electron chi connectivity index (χ4n) is 2.85. The van der Waals surface area contributed by atoms with Gasteiger partial charge in [0.2, 0.25) is 0 Å². The molecule has 1 aromatic carbocycles. The molecule has 0 aliphatic carbocycles. The number of pyridine rings is 1. The molecule has 0 bridgehead atoms. The predicted octanol–water partition coefficient (Wildman–Crippen LogP) is 1.64. The minimum Gasteiger partial charge on any atom is -0.383 e. The van der Waals surface area contributed by atoms with Gasteiger partial charge < -0.3 is 10.1 Å². The number of hydrogen-bond acceptors (Lipinski definition) is 5. The SMILES string of the molecule is COCC(C)NC(=O)c1ccc2c(c1)C(=O)N(Cc1ccncc1)C2=O. The quantitative estimate of drug-likeness (QED) is 0.798. The van der Waals surface area contributed by atoms with Crippen LogP contribution in [0.4, 0.5) is 0 Å². The molecule has 7 heteroatoms. The van der Waals surface area contributed by atoms with E-state index < -0.39 is 5.91 Å². The van der Waals surface area contributed by atoms with Gasteiger partial charge in [-0.15, -0.1) is 0 Å². The number of hydrogen-bond donors (Lipinski definition) is 1. The molecule has 3 rings (SSSR count). The van der Waals surface area contributed by atoms with E-state index in [2.05, 4.69) is 10.3 Å². The topological polar surface area (TPSA) is 88.6 Å². The molecule has 1 aliphatic rings. The first kappa shape index (κ1) is 17.8. The standard InChI is InChI=1S/C19H19N3O4/c1-12(11-26-2)21-17(23)14-3-4-15-16(9-14)19(25)22(18(15)24)10-13-5-7-20-8-6-13/h3-9,12H,10-11H2,1-2H3,(H,21,23). The Bertz CT molecular complexity index is 851. The van der Waals surface area contributed by atoms with Gasteiger partial charge in [0.25, 0.3) is 17.7 Å². The van der Waals surface area contributed by atoms with E-state index in [-0.39, 0.29) is 30.0 Å². The van der Waals surface area contributed by atoms with Crippen LogP contribution in [0, 0.1) is 0 Å². The molecule has 0 saturated heterocycles. The minimum absolute atomic E-state index is 0.165. The van der Waals surface area contributed by atoms with Crippen molar-refractivity contribution in [2.75, 3.05) is 13.7 Å². The monoisotopic (exact) mass is 353 g/mol. The van der Waals surface area contributed by atoms with Crippen LogP contribution < -0.4 is 5.32 Å². The lowest BCUT2D eigenvalue weighted by Gasteiger charge is -2.13. The molecule has 0 saturated carbocycles. The molecule has 1 atom stereocenters. The molecule has 1 aliphatic heterocycles. The third-order valence-electron chi connectivity index (χ3n) is 4.12. The average molecular weight is 353 g/mol. The number of imide groups is 1. The minimum atomic E-state index is -0.401. The Morgan fingerprint density at radius 3 is 2.54 bits per heavy atom. The zero-order chi connectivity index (χ0) is 18.7. The maximum Gasteiger partial charge on any atom is 0.261 e. The second-order valence-corrected chi connectivity index (χ2v) is 6.14. The molecule has 134 valence electrons. The van der Waals surface area contributed by atoms with Crippen LogP contribution in [0.3, 0.4) is 0 Å². The van der Waals surface area contributed by atoms with Crippen molar-refractivity contribution in [3.05, 3.63) is 65.0 Å². The second-order valence-electron chi connectivity index (χ2n) is 6.14. The molecule has 1 N–H and O–H groups in total. The van der Waals surface area contributed by atoms with Gasteiger partial charge in [-0.3, -0.25) is 24.3 Å². The van der Waals surface area contributed by atoms with Gasteiger partial charge in [0, 0.05) is 31.1 Å². The summed E-state index contributed by atoms with van der Waals surface area (Å²) in [5.41, 5.74) is 1.70. The van der Waals surface area contributed by atoms with E-state index in [4.69, 9.17) is 4.74 Å². The number of methoxy groups -OCH3 is 1. The van der Waals surface area contributed by atoms with Gasteiger partial charge in [0.1, 0.15) is 0 Å². The Labute approximate surface area is 151 Å². The Kier molecular flexibility index (Phi) is 5.09. The first-order chi connectivity index (χ1) is 12.5. The van der Waals surface area contributed by atoms with Gasteiger partial charge in [-0.25, -0.2) is 0 Å². The van der Waals surface area contributed by atoms with Gasteiger partial charge in [-0.05, 0) is 42.8 Å². The molecular weight excluding hydrogens is 334 g/mol. The van der Waals surface area contributed by atoms with Crippen molar-refractivity contribution < 1.29 is 19.1 Å². The van der Waals surface area contributed by atoms with Crippen molar-refractivity contribution in [2.45, 2.75) is 19.5 Å². The summed E-state index contributed by atoms with van der Waals surface area (Å²) in [5, 5.41) is 2.78. The van der Waals surface area contributed by atoms with Crippen molar-refractivity contribution >= 4 is 17.7 Å². The summed E-state index contributed by atoms with van der Waals surface area (Å²) < 4.78 is 4.99. The molecule has 2 aromatic rings. The fraction of sp³-hybridized carbons (Fsp3) is 0.263. The van der Waals surface area contributed by atoms with Crippen LogP contribution in [-0.2, 0) is 11.3 Å². The largest absolute Gasteiger partial charge is 0.383 e. The molecule has 26 heavy (non-hydrogen) atoms. The number of nitrogens with one attached hydrogen (secondary N) is 1. The van der Waals surface area contributed by atoms with Crippen LogP contribution in [0.15, 0.2) is 42.7 Å². The predicted molar refractivity (Wildman–Crippen MR) is 93.7 cm³/mol. The lowest BCUT2D eigenvalue weighted by atomic mass is 10.1. The first-order valence-electron chi connectivity index (χ1n) is 8.20. The Morgan fingerprint density at radius 2 is 1.85 bits per heavy atom. The highest BCUT2D eigenvalue weighted by Crippen LogP contribution is 2.25. The number of amides is 3. The van der Waals surface area contributed by atoms with E-state index in [1.807, 2.05) is 6.92 Å². The number of fused-ring (bicyclic) bond motifs is 1. The summed E-state index contributed by atoms with van der Waals surface area (Å²) in [4.78, 5) is 42.6. The van der Waals surface area contributed by atoms with Gasteiger partial charge in [-0.1, -0.05) is 0 Å². The summed E-state index contributed by atoms with van der Waals surface area (Å²) in [6.45, 7) is 2.37. The van der Waals surface area contributed by atoms with Crippen molar-refractivity contribution in [2.24, 2.45) is 0 Å². The Morgan fingerprint density at radius 1 is 1.15 bits per heavy atom. The average Bonchev–Trinajstić information content (AvgIpc) is 2.87. The number of carbonyl (C=O) groups is 3. The number of ether oxygens (including phenoxy) is 1. The third-order valence-corrected chi connectivity index (χ3v) is 4.12. The van der Waals surface area contributed by atoms with E-state index in [0.717, 1.165) is 5.56 Å². The molecule has 7 nitrogen and oxygen atoms in total. The van der Waals surface area contributed by atoms with Crippen molar-refractivity contribution in [1.82, 2.24) is 15.2 Å². The van der Waals surface area contributed by atoms with Crippen molar-refractivity contribution in [3.63, 3.8) is 0 Å². The van der Waals surface area contributed by atoms with Crippen LogP contribution in [0.2, 0.25) is 0 Å². The van der Waals surface area contributed by atoms with Gasteiger partial charge >= 0.3 is 0 Å². The molecule has 1 aromatic heterocycles. The molecule has 0 spiro atoms. The zero-order valence-electron chi connectivity index (χ0n) is 14.6. The fourth-order valence-corrected chi connectivity index (χ4v) is 2.85. The van der Waals surface area contributed by atoms with Crippen molar-refractivity contribution in [1.29, 1.82) is 0 Å². The van der Waals surface area contributed by atoms with Crippen LogP contribution >= 0.6 is 0 Å². The van der Waals surface area contributed by atoms with Gasteiger partial charge in [0.05, 0.1) is 24.3 Å². The highest BCUT2D eigenvalue weighted by atomic mass is 16.5. The van der Waals surface area contributed by atoms with E-state index in [0.29, 0.717) is 17.7 Å². The summed E-state index contributed by atoms with van der Waals surface area (Å²) in [5.74, 6) is -1.08. The highest BCUT2D eigenvalue weighted by molar-refractivity contribution is 6.22. The van der Waals surface area contributed by atoms with E-state index in [9.17, 15) is 14.4 Å². The number of benzene rings is 1. The molecule has 2 heterocycles. The lowest BCUT2D eigenvalue weighted by Crippen LogP contribution is -2.35. The van der Waals surface area contributed by atoms with E-state index >= 15 is 0 Å². The van der Waals surface area contributed by atoms with E-state index in [1.165, 1.54) is 17.0 Å². The highest BCUT2D eigenvalue weighted by Gasteiger charge is 2.36. The zero-order valence-corrected chi connectivity index (χ0v) is 14.6. The summed E-state index contributed by atoms with van der Waals surface area (Å²) in [6, 6.07) is 7.88. The Balaban J connectivity index is 1.80. The molecule has 0 radical (unpaired) electrons. The smallest absolute Gasteiger partial charge is 0.261 e. The number of carbonyl (C=O) groups excluding carboxylic acids is 3. The molecule has 3 amide bonds. The molecule has 0 fully saturated rings. The number of nitrogens with zero attached hydrogens (tertiary/aromatic N) is 2. The second kappa shape index (κ2) is 7.45. The van der Waals surface area contributed by atoms with Gasteiger partial charge in [0.15, 0.2) is 0 Å². The summed E-state index contributed by atoms with van der Waals surface area (Å²) >= 11 is 0. The lowest BCUT2D eigenvalue weighted by molar-refractivity contribution is 0.0642. The van der Waals surface area contributed by atoms with Crippen LogP contribution in [0.1, 0.15) is 43.6 Å². The third kappa shape index (κ3) is 3.48. The van der Waals surface area contributed by atoms with Crippen LogP contribution in [0.5, 0.6) is 0 Å². The van der Waals surface area contributed by atoms with Crippen molar-refractivity contribution in [3.8, 4) is 0 Å². The maximum absolute atomic E-state index is 12.6. The summed E-state index contributed by atoms with van der Waals surface area (Å²) in [7, 11) is 1.56. The summed E-state index contributed by atoms with van der Waals surface area (Å²) in [6.07, 6.45) is 3.22. The number of rotatable bonds is 6. The van der Waals surface area contributed by atoms with Crippen LogP contribution in [0.25, 0.3) is 0 Å². The first-order valence-corrected chi connectivity index (χ1v) is 8.20. The van der Waals surface area contributed by atoms with E-state index in [1.54, 1.807) is 37.7 Å². The normalized spacial score (nSPS) is 14.3. The number of aromatic nitrogens is 1. The molecular formula is C19H19N3O4. The Hall–Kier alpha value is -3.06. The molecule has 1 unspecified atom stereocenters. The maximum atomic E-state index is 12.6.